The van der Waals surface area contributed by atoms with Crippen molar-refractivity contribution in [1.29, 1.82) is 0 Å². The molecule has 1 saturated carbocycles. The third kappa shape index (κ3) is 4.46. The van der Waals surface area contributed by atoms with Gasteiger partial charge in [0.2, 0.25) is 0 Å². The fourth-order valence-corrected chi connectivity index (χ4v) is 4.00. The first kappa shape index (κ1) is 16.3. The number of hydrogen-bond acceptors (Lipinski definition) is 2. The Hall–Kier alpha value is -0.0800. The molecule has 20 heavy (non-hydrogen) atoms. The van der Waals surface area contributed by atoms with Crippen molar-refractivity contribution in [3.63, 3.8) is 0 Å². The van der Waals surface area contributed by atoms with E-state index in [9.17, 15) is 0 Å². The smallest absolute Gasteiger partial charge is 0.0200 e. The van der Waals surface area contributed by atoms with Crippen molar-refractivity contribution in [2.45, 2.75) is 90.8 Å². The van der Waals surface area contributed by atoms with E-state index in [2.05, 4.69) is 37.9 Å². The van der Waals surface area contributed by atoms with Gasteiger partial charge < -0.3 is 5.32 Å². The zero-order chi connectivity index (χ0) is 14.5. The zero-order valence-corrected chi connectivity index (χ0v) is 14.2. The molecule has 0 aromatic carbocycles. The van der Waals surface area contributed by atoms with Crippen LogP contribution in [0.2, 0.25) is 0 Å². The summed E-state index contributed by atoms with van der Waals surface area (Å²) in [4.78, 5) is 2.74. The van der Waals surface area contributed by atoms with Crippen LogP contribution in [-0.4, -0.2) is 36.1 Å². The maximum atomic E-state index is 4.01. The summed E-state index contributed by atoms with van der Waals surface area (Å²) in [6.45, 7) is 12.1. The van der Waals surface area contributed by atoms with E-state index in [1.54, 1.807) is 0 Å². The molecule has 1 heterocycles. The average molecular weight is 280 g/mol. The van der Waals surface area contributed by atoms with Crippen LogP contribution < -0.4 is 5.32 Å². The predicted octanol–water partition coefficient (Wildman–Crippen LogP) is 4.05. The molecule has 3 unspecified atom stereocenters. The molecule has 1 aliphatic carbocycles. The molecule has 1 N–H and O–H groups in total. The van der Waals surface area contributed by atoms with Crippen molar-refractivity contribution in [2.24, 2.45) is 11.8 Å². The van der Waals surface area contributed by atoms with Crippen LogP contribution in [0.15, 0.2) is 0 Å². The number of nitrogens with zero attached hydrogens (tertiary/aromatic N) is 1. The molecule has 2 heteroatoms. The molecule has 0 spiro atoms. The first-order chi connectivity index (χ1) is 9.60. The van der Waals surface area contributed by atoms with Crippen LogP contribution in [0.5, 0.6) is 0 Å². The van der Waals surface area contributed by atoms with E-state index in [-0.39, 0.29) is 0 Å². The lowest BCUT2D eigenvalue weighted by molar-refractivity contribution is 0.0766. The van der Waals surface area contributed by atoms with Gasteiger partial charge in [0.25, 0.3) is 0 Å². The normalized spacial score (nSPS) is 31.6. The van der Waals surface area contributed by atoms with E-state index in [0.717, 1.165) is 30.0 Å². The van der Waals surface area contributed by atoms with Crippen molar-refractivity contribution >= 4 is 0 Å². The summed E-state index contributed by atoms with van der Waals surface area (Å²) < 4.78 is 0. The van der Waals surface area contributed by atoms with Crippen LogP contribution >= 0.6 is 0 Å². The van der Waals surface area contributed by atoms with Crippen LogP contribution in [0.4, 0.5) is 0 Å². The average Bonchev–Trinajstić information content (AvgIpc) is 2.47. The summed E-state index contributed by atoms with van der Waals surface area (Å²) in [5.41, 5.74) is 0. The second-order valence-electron chi connectivity index (χ2n) is 7.65. The van der Waals surface area contributed by atoms with Gasteiger partial charge in [-0.2, -0.15) is 0 Å². The molecule has 2 aliphatic rings. The molecule has 0 radical (unpaired) electrons. The van der Waals surface area contributed by atoms with Gasteiger partial charge in [-0.1, -0.05) is 40.0 Å². The van der Waals surface area contributed by atoms with Gasteiger partial charge in [-0.25, -0.2) is 0 Å². The predicted molar refractivity (Wildman–Crippen MR) is 88.1 cm³/mol. The first-order valence-electron chi connectivity index (χ1n) is 9.10. The van der Waals surface area contributed by atoms with Crippen LogP contribution in [0.1, 0.15) is 72.6 Å². The van der Waals surface area contributed by atoms with Crippen molar-refractivity contribution in [2.75, 3.05) is 13.1 Å². The summed E-state index contributed by atoms with van der Waals surface area (Å²) >= 11 is 0. The Bertz CT molecular complexity index is 269. The number of rotatable bonds is 5. The van der Waals surface area contributed by atoms with Crippen LogP contribution in [0.25, 0.3) is 0 Å². The summed E-state index contributed by atoms with van der Waals surface area (Å²) in [6, 6.07) is 2.28. The van der Waals surface area contributed by atoms with Crippen LogP contribution in [0, 0.1) is 11.8 Å². The van der Waals surface area contributed by atoms with E-state index in [1.807, 2.05) is 0 Å². The summed E-state index contributed by atoms with van der Waals surface area (Å²) in [6.07, 6.45) is 9.82. The standard InChI is InChI=1S/C18H36N2/c1-5-15(4)20-12-16(14(2)3)11-18(13-20)19-17-9-7-6-8-10-17/h14-19H,5-13H2,1-4H3. The molecular formula is C18H36N2. The highest BCUT2D eigenvalue weighted by atomic mass is 15.2. The lowest BCUT2D eigenvalue weighted by atomic mass is 9.84. The molecule has 1 aliphatic heterocycles. The molecule has 2 fully saturated rings. The molecule has 0 amide bonds. The Morgan fingerprint density at radius 3 is 2.30 bits per heavy atom. The van der Waals surface area contributed by atoms with E-state index in [0.29, 0.717) is 0 Å². The van der Waals surface area contributed by atoms with Gasteiger partial charge in [0.1, 0.15) is 0 Å². The Labute approximate surface area is 126 Å². The Balaban J connectivity index is 1.92. The lowest BCUT2D eigenvalue weighted by Crippen LogP contribution is -2.55. The van der Waals surface area contributed by atoms with Crippen LogP contribution in [-0.2, 0) is 0 Å². The maximum Gasteiger partial charge on any atom is 0.0200 e. The lowest BCUT2D eigenvalue weighted by Gasteiger charge is -2.44. The zero-order valence-electron chi connectivity index (χ0n) is 14.2. The molecule has 118 valence electrons. The van der Waals surface area contributed by atoms with Crippen molar-refractivity contribution in [1.82, 2.24) is 10.2 Å². The molecule has 1 saturated heterocycles. The fourth-order valence-electron chi connectivity index (χ4n) is 4.00. The Kier molecular flexibility index (Phi) is 6.35. The highest BCUT2D eigenvalue weighted by Gasteiger charge is 2.31. The monoisotopic (exact) mass is 280 g/mol. The fraction of sp³-hybridized carbons (Fsp3) is 1.00. The second-order valence-corrected chi connectivity index (χ2v) is 7.65. The molecule has 0 aromatic heterocycles. The maximum absolute atomic E-state index is 4.01. The summed E-state index contributed by atoms with van der Waals surface area (Å²) in [5, 5.41) is 4.01. The highest BCUT2D eigenvalue weighted by molar-refractivity contribution is 4.89. The Morgan fingerprint density at radius 1 is 1.00 bits per heavy atom. The topological polar surface area (TPSA) is 15.3 Å². The van der Waals surface area contributed by atoms with Gasteiger partial charge >= 0.3 is 0 Å². The Morgan fingerprint density at radius 2 is 1.70 bits per heavy atom. The molecule has 0 bridgehead atoms. The number of nitrogens with one attached hydrogen (secondary N) is 1. The van der Waals surface area contributed by atoms with Gasteiger partial charge in [-0.3, -0.25) is 4.90 Å². The third-order valence-electron chi connectivity index (χ3n) is 5.74. The molecular weight excluding hydrogens is 244 g/mol. The number of hydrogen-bond donors (Lipinski definition) is 1. The summed E-state index contributed by atoms with van der Waals surface area (Å²) in [5.74, 6) is 1.69. The SMILES string of the molecule is CCC(C)N1CC(NC2CCCCC2)CC(C(C)C)C1. The van der Waals surface area contributed by atoms with Crippen molar-refractivity contribution in [3.8, 4) is 0 Å². The van der Waals surface area contributed by atoms with E-state index in [4.69, 9.17) is 0 Å². The van der Waals surface area contributed by atoms with E-state index in [1.165, 1.54) is 58.0 Å². The number of likely N-dealkylation sites (tertiary alicyclic amines) is 1. The molecule has 0 aromatic rings. The van der Waals surface area contributed by atoms with E-state index >= 15 is 0 Å². The minimum Gasteiger partial charge on any atom is -0.310 e. The minimum absolute atomic E-state index is 0.730. The van der Waals surface area contributed by atoms with Gasteiger partial charge in [0.15, 0.2) is 0 Å². The third-order valence-corrected chi connectivity index (χ3v) is 5.74. The van der Waals surface area contributed by atoms with E-state index < -0.39 is 0 Å². The van der Waals surface area contributed by atoms with Gasteiger partial charge in [0, 0.05) is 31.2 Å². The molecule has 3 atom stereocenters. The molecule has 2 rings (SSSR count). The minimum atomic E-state index is 0.730. The van der Waals surface area contributed by atoms with Crippen LogP contribution in [0.3, 0.4) is 0 Å². The highest BCUT2D eigenvalue weighted by Crippen LogP contribution is 2.27. The molecule has 2 nitrogen and oxygen atoms in total. The second kappa shape index (κ2) is 7.79. The quantitative estimate of drug-likeness (QED) is 0.817. The van der Waals surface area contributed by atoms with Gasteiger partial charge in [-0.15, -0.1) is 0 Å². The van der Waals surface area contributed by atoms with Gasteiger partial charge in [-0.05, 0) is 44.4 Å². The van der Waals surface area contributed by atoms with Crippen molar-refractivity contribution in [3.05, 3.63) is 0 Å². The van der Waals surface area contributed by atoms with Gasteiger partial charge in [0.05, 0.1) is 0 Å². The van der Waals surface area contributed by atoms with Crippen molar-refractivity contribution < 1.29 is 0 Å². The largest absolute Gasteiger partial charge is 0.310 e. The summed E-state index contributed by atoms with van der Waals surface area (Å²) in [7, 11) is 0. The first-order valence-corrected chi connectivity index (χ1v) is 9.10. The number of piperidine rings is 1.